The molecule has 0 amide bonds. The maximum absolute atomic E-state index is 10.8. The lowest BCUT2D eigenvalue weighted by Gasteiger charge is -2.25. The highest BCUT2D eigenvalue weighted by molar-refractivity contribution is 8.00. The van der Waals surface area contributed by atoms with Crippen LogP contribution in [-0.2, 0) is 4.79 Å². The van der Waals surface area contributed by atoms with E-state index in [1.165, 1.54) is 6.42 Å². The van der Waals surface area contributed by atoms with Gasteiger partial charge in [-0.2, -0.15) is 0 Å². The number of hydrogen-bond acceptors (Lipinski definition) is 3. The van der Waals surface area contributed by atoms with Crippen molar-refractivity contribution in [1.82, 2.24) is 5.32 Å². The smallest absolute Gasteiger partial charge is 0.321 e. The lowest BCUT2D eigenvalue weighted by molar-refractivity contribution is -0.138. The Kier molecular flexibility index (Phi) is 4.68. The predicted octanol–water partition coefficient (Wildman–Crippen LogP) is 2.56. The quantitative estimate of drug-likeness (QED) is 0.799. The molecule has 0 saturated carbocycles. The maximum Gasteiger partial charge on any atom is 0.321 e. The van der Waals surface area contributed by atoms with Crippen molar-refractivity contribution in [3.05, 3.63) is 0 Å². The summed E-state index contributed by atoms with van der Waals surface area (Å²) in [5.74, 6) is 0.610. The molecule has 0 bridgehead atoms. The topological polar surface area (TPSA) is 49.3 Å². The lowest BCUT2D eigenvalue weighted by Crippen LogP contribution is -2.37. The molecule has 0 aromatic rings. The van der Waals surface area contributed by atoms with Crippen LogP contribution in [0.2, 0.25) is 0 Å². The van der Waals surface area contributed by atoms with E-state index in [0.717, 1.165) is 6.42 Å². The van der Waals surface area contributed by atoms with Crippen LogP contribution in [0, 0.1) is 11.3 Å². The van der Waals surface area contributed by atoms with Crippen molar-refractivity contribution >= 4 is 17.7 Å². The first-order valence-corrected chi connectivity index (χ1v) is 6.93. The molecular weight excluding hydrogens is 222 g/mol. The second-order valence-electron chi connectivity index (χ2n) is 5.99. The van der Waals surface area contributed by atoms with Crippen LogP contribution in [0.5, 0.6) is 0 Å². The zero-order valence-electron chi connectivity index (χ0n) is 10.6. The van der Waals surface area contributed by atoms with E-state index in [1.807, 2.05) is 0 Å². The molecule has 0 radical (unpaired) electrons. The molecule has 0 aliphatic carbocycles. The fraction of sp³-hybridized carbons (Fsp3) is 0.917. The summed E-state index contributed by atoms with van der Waals surface area (Å²) in [5.41, 5.74) is 0.356. The Bertz CT molecular complexity index is 250. The first kappa shape index (κ1) is 13.8. The molecule has 4 heteroatoms. The van der Waals surface area contributed by atoms with Crippen molar-refractivity contribution in [3.8, 4) is 0 Å². The fourth-order valence-electron chi connectivity index (χ4n) is 2.31. The van der Waals surface area contributed by atoms with Gasteiger partial charge in [-0.3, -0.25) is 10.1 Å². The summed E-state index contributed by atoms with van der Waals surface area (Å²) in [6, 6.07) is -0.350. The highest BCUT2D eigenvalue weighted by Crippen LogP contribution is 2.31. The van der Waals surface area contributed by atoms with Gasteiger partial charge in [0.05, 0.1) is 5.37 Å². The van der Waals surface area contributed by atoms with Gasteiger partial charge in [0.2, 0.25) is 0 Å². The summed E-state index contributed by atoms with van der Waals surface area (Å²) in [6.07, 6.45) is 2.25. The van der Waals surface area contributed by atoms with Crippen molar-refractivity contribution in [2.75, 3.05) is 5.75 Å². The first-order valence-electron chi connectivity index (χ1n) is 5.88. The molecule has 2 N–H and O–H groups in total. The Hall–Kier alpha value is -0.220. The molecular formula is C12H23NO2S. The molecule has 94 valence electrons. The van der Waals surface area contributed by atoms with Crippen LogP contribution in [0.4, 0.5) is 0 Å². The third-order valence-electron chi connectivity index (χ3n) is 2.73. The van der Waals surface area contributed by atoms with Gasteiger partial charge in [0.1, 0.15) is 6.04 Å². The third-order valence-corrected chi connectivity index (χ3v) is 3.98. The highest BCUT2D eigenvalue weighted by Gasteiger charge is 2.30. The van der Waals surface area contributed by atoms with Crippen molar-refractivity contribution in [2.45, 2.75) is 52.0 Å². The monoisotopic (exact) mass is 245 g/mol. The van der Waals surface area contributed by atoms with Crippen LogP contribution in [0.25, 0.3) is 0 Å². The van der Waals surface area contributed by atoms with Crippen molar-refractivity contribution < 1.29 is 9.90 Å². The normalized spacial score (nSPS) is 28.0. The fourth-order valence-corrected chi connectivity index (χ4v) is 3.69. The standard InChI is InChI=1S/C12H23NO2S/c1-8(6-12(2,3)4)5-10-13-9(7-16-10)11(14)15/h8-10,13H,5-7H2,1-4H3,(H,14,15)/t8-,9+,10-/m1/s1. The summed E-state index contributed by atoms with van der Waals surface area (Å²) in [4.78, 5) is 10.8. The Balaban J connectivity index is 2.31. The van der Waals surface area contributed by atoms with E-state index < -0.39 is 5.97 Å². The number of carbonyl (C=O) groups is 1. The van der Waals surface area contributed by atoms with E-state index >= 15 is 0 Å². The number of carboxylic acids is 1. The number of nitrogens with one attached hydrogen (secondary N) is 1. The van der Waals surface area contributed by atoms with Crippen LogP contribution < -0.4 is 5.32 Å². The van der Waals surface area contributed by atoms with Crippen molar-refractivity contribution in [2.24, 2.45) is 11.3 Å². The van der Waals surface area contributed by atoms with E-state index in [4.69, 9.17) is 5.11 Å². The number of aliphatic carboxylic acids is 1. The third kappa shape index (κ3) is 4.74. The predicted molar refractivity (Wildman–Crippen MR) is 68.7 cm³/mol. The SMILES string of the molecule is C[C@H](C[C@@H]1N[C@H](C(=O)O)CS1)CC(C)(C)C. The van der Waals surface area contributed by atoms with Crippen LogP contribution >= 0.6 is 11.8 Å². The molecule has 1 saturated heterocycles. The van der Waals surface area contributed by atoms with Gasteiger partial charge in [-0.15, -0.1) is 11.8 Å². The zero-order chi connectivity index (χ0) is 12.3. The van der Waals surface area contributed by atoms with Gasteiger partial charge in [0.15, 0.2) is 0 Å². The van der Waals surface area contributed by atoms with Crippen LogP contribution in [0.15, 0.2) is 0 Å². The van der Waals surface area contributed by atoms with E-state index in [2.05, 4.69) is 33.0 Å². The average Bonchev–Trinajstić information content (AvgIpc) is 2.48. The van der Waals surface area contributed by atoms with Crippen LogP contribution in [-0.4, -0.2) is 28.2 Å². The van der Waals surface area contributed by atoms with Gasteiger partial charge in [-0.1, -0.05) is 27.7 Å². The van der Waals surface area contributed by atoms with E-state index in [0.29, 0.717) is 22.5 Å². The van der Waals surface area contributed by atoms with Gasteiger partial charge >= 0.3 is 5.97 Å². The zero-order valence-corrected chi connectivity index (χ0v) is 11.4. The van der Waals surface area contributed by atoms with Crippen LogP contribution in [0.1, 0.15) is 40.5 Å². The summed E-state index contributed by atoms with van der Waals surface area (Å²) in [7, 11) is 0. The summed E-state index contributed by atoms with van der Waals surface area (Å²) in [6.45, 7) is 9.00. The lowest BCUT2D eigenvalue weighted by atomic mass is 9.84. The Morgan fingerprint density at radius 3 is 2.62 bits per heavy atom. The minimum Gasteiger partial charge on any atom is -0.480 e. The van der Waals surface area contributed by atoms with Gasteiger partial charge < -0.3 is 5.11 Å². The molecule has 0 unspecified atom stereocenters. The maximum atomic E-state index is 10.8. The number of carboxylic acid groups (broad SMARTS) is 1. The van der Waals surface area contributed by atoms with E-state index in [1.54, 1.807) is 11.8 Å². The largest absolute Gasteiger partial charge is 0.480 e. The molecule has 1 rings (SSSR count). The number of hydrogen-bond donors (Lipinski definition) is 2. The molecule has 0 aromatic heterocycles. The van der Waals surface area contributed by atoms with Crippen LogP contribution in [0.3, 0.4) is 0 Å². The highest BCUT2D eigenvalue weighted by atomic mass is 32.2. The Morgan fingerprint density at radius 1 is 1.56 bits per heavy atom. The number of thioether (sulfide) groups is 1. The second kappa shape index (κ2) is 5.41. The first-order chi connectivity index (χ1) is 7.28. The summed E-state index contributed by atoms with van der Waals surface area (Å²) >= 11 is 1.74. The summed E-state index contributed by atoms with van der Waals surface area (Å²) < 4.78 is 0. The molecule has 16 heavy (non-hydrogen) atoms. The molecule has 1 aliphatic heterocycles. The van der Waals surface area contributed by atoms with Gasteiger partial charge in [0.25, 0.3) is 0 Å². The van der Waals surface area contributed by atoms with Crippen molar-refractivity contribution in [1.29, 1.82) is 0 Å². The summed E-state index contributed by atoms with van der Waals surface area (Å²) in [5, 5.41) is 12.4. The molecule has 1 fully saturated rings. The molecule has 3 nitrogen and oxygen atoms in total. The number of rotatable bonds is 4. The van der Waals surface area contributed by atoms with E-state index in [-0.39, 0.29) is 6.04 Å². The molecule has 0 spiro atoms. The molecule has 3 atom stereocenters. The molecule has 1 aliphatic rings. The minimum atomic E-state index is -0.724. The van der Waals surface area contributed by atoms with Gasteiger partial charge in [-0.25, -0.2) is 0 Å². The molecule has 1 heterocycles. The average molecular weight is 245 g/mol. The second-order valence-corrected chi connectivity index (χ2v) is 7.22. The van der Waals surface area contributed by atoms with Gasteiger partial charge in [0, 0.05) is 5.75 Å². The Morgan fingerprint density at radius 2 is 2.19 bits per heavy atom. The minimum absolute atomic E-state index is 0.318. The molecule has 0 aromatic carbocycles. The Labute approximate surface area is 102 Å². The van der Waals surface area contributed by atoms with Gasteiger partial charge in [-0.05, 0) is 24.2 Å². The van der Waals surface area contributed by atoms with Crippen molar-refractivity contribution in [3.63, 3.8) is 0 Å². The van der Waals surface area contributed by atoms with E-state index in [9.17, 15) is 4.79 Å².